The number of benzene rings is 1. The smallest absolute Gasteiger partial charge is 0.335 e. The highest BCUT2D eigenvalue weighted by Crippen LogP contribution is 2.27. The summed E-state index contributed by atoms with van der Waals surface area (Å²) in [6, 6.07) is 3.91. The Kier molecular flexibility index (Phi) is 3.94. The molecule has 0 aliphatic carbocycles. The number of hydrogen-bond acceptors (Lipinski definition) is 4. The number of piperazine rings is 1. The normalized spacial score (nSPS) is 15.1. The van der Waals surface area contributed by atoms with Gasteiger partial charge in [0.2, 0.25) is 0 Å². The predicted octanol–water partition coefficient (Wildman–Crippen LogP) is 2.19. The third kappa shape index (κ3) is 2.86. The number of nitrogens with zero attached hydrogens (tertiary/aromatic N) is 3. The fraction of sp³-hybridized carbons (Fsp3) is 0.375. The quantitative estimate of drug-likeness (QED) is 0.907. The van der Waals surface area contributed by atoms with Crippen LogP contribution >= 0.6 is 0 Å². The van der Waals surface area contributed by atoms with Crippen molar-refractivity contribution >= 4 is 17.3 Å². The van der Waals surface area contributed by atoms with Crippen molar-refractivity contribution in [1.29, 1.82) is 0 Å². The molecule has 2 N–H and O–H groups in total. The van der Waals surface area contributed by atoms with E-state index in [0.717, 1.165) is 30.2 Å². The Morgan fingerprint density at radius 1 is 1.22 bits per heavy atom. The SMILES string of the molecule is Cc1n[nH]c(C)c1N1CCN(c2cc(C(=O)O)ccc2F)CC1. The highest BCUT2D eigenvalue weighted by atomic mass is 19.1. The lowest BCUT2D eigenvalue weighted by Crippen LogP contribution is -2.47. The molecule has 1 aromatic carbocycles. The molecule has 122 valence electrons. The fourth-order valence-corrected chi connectivity index (χ4v) is 3.07. The molecule has 0 saturated carbocycles. The van der Waals surface area contributed by atoms with E-state index in [1.54, 1.807) is 0 Å². The highest BCUT2D eigenvalue weighted by Gasteiger charge is 2.23. The maximum Gasteiger partial charge on any atom is 0.335 e. The van der Waals surface area contributed by atoms with Crippen molar-refractivity contribution in [2.45, 2.75) is 13.8 Å². The largest absolute Gasteiger partial charge is 0.478 e. The summed E-state index contributed by atoms with van der Waals surface area (Å²) in [5.41, 5.74) is 3.53. The summed E-state index contributed by atoms with van der Waals surface area (Å²) >= 11 is 0. The lowest BCUT2D eigenvalue weighted by molar-refractivity contribution is 0.0697. The van der Waals surface area contributed by atoms with E-state index in [0.29, 0.717) is 18.8 Å². The van der Waals surface area contributed by atoms with Crippen LogP contribution < -0.4 is 9.80 Å². The zero-order valence-electron chi connectivity index (χ0n) is 13.1. The molecule has 2 heterocycles. The number of carboxylic acid groups (broad SMARTS) is 1. The molecule has 0 amide bonds. The Bertz CT molecular complexity index is 716. The number of rotatable bonds is 3. The van der Waals surface area contributed by atoms with E-state index >= 15 is 0 Å². The first kappa shape index (κ1) is 15.3. The molecule has 7 heteroatoms. The van der Waals surface area contributed by atoms with Crippen molar-refractivity contribution in [1.82, 2.24) is 10.2 Å². The lowest BCUT2D eigenvalue weighted by Gasteiger charge is -2.37. The van der Waals surface area contributed by atoms with Crippen LogP contribution in [-0.4, -0.2) is 47.5 Å². The molecule has 0 bridgehead atoms. The van der Waals surface area contributed by atoms with E-state index in [1.807, 2.05) is 18.7 Å². The Morgan fingerprint density at radius 2 is 1.87 bits per heavy atom. The summed E-state index contributed by atoms with van der Waals surface area (Å²) in [7, 11) is 0. The first-order chi connectivity index (χ1) is 11.0. The summed E-state index contributed by atoms with van der Waals surface area (Å²) in [6.07, 6.45) is 0. The van der Waals surface area contributed by atoms with Gasteiger partial charge in [-0.3, -0.25) is 5.10 Å². The van der Waals surface area contributed by atoms with Gasteiger partial charge in [-0.2, -0.15) is 5.10 Å². The molecule has 23 heavy (non-hydrogen) atoms. The molecule has 6 nitrogen and oxygen atoms in total. The van der Waals surface area contributed by atoms with Crippen molar-refractivity contribution in [3.8, 4) is 0 Å². The molecule has 2 aromatic rings. The van der Waals surface area contributed by atoms with E-state index < -0.39 is 5.97 Å². The Morgan fingerprint density at radius 3 is 2.43 bits per heavy atom. The number of aromatic carboxylic acids is 1. The number of aromatic nitrogens is 2. The Balaban J connectivity index is 1.77. The van der Waals surface area contributed by atoms with Gasteiger partial charge in [0.15, 0.2) is 0 Å². The molecule has 0 atom stereocenters. The zero-order chi connectivity index (χ0) is 16.6. The summed E-state index contributed by atoms with van der Waals surface area (Å²) in [5, 5.41) is 16.3. The molecule has 1 saturated heterocycles. The van der Waals surface area contributed by atoms with Gasteiger partial charge >= 0.3 is 5.97 Å². The van der Waals surface area contributed by atoms with Crippen LogP contribution in [0.2, 0.25) is 0 Å². The van der Waals surface area contributed by atoms with E-state index in [9.17, 15) is 9.18 Å². The van der Waals surface area contributed by atoms with E-state index in [1.165, 1.54) is 18.2 Å². The van der Waals surface area contributed by atoms with E-state index in [2.05, 4.69) is 15.1 Å². The van der Waals surface area contributed by atoms with Gasteiger partial charge in [-0.1, -0.05) is 0 Å². The minimum atomic E-state index is -1.05. The Hall–Kier alpha value is -2.57. The number of anilines is 2. The Labute approximate surface area is 133 Å². The maximum absolute atomic E-state index is 14.1. The first-order valence-corrected chi connectivity index (χ1v) is 7.51. The third-order valence-electron chi connectivity index (χ3n) is 4.22. The topological polar surface area (TPSA) is 72.5 Å². The highest BCUT2D eigenvalue weighted by molar-refractivity contribution is 5.89. The van der Waals surface area contributed by atoms with Crippen LogP contribution in [-0.2, 0) is 0 Å². The van der Waals surface area contributed by atoms with Gasteiger partial charge in [-0.15, -0.1) is 0 Å². The summed E-state index contributed by atoms with van der Waals surface area (Å²) in [4.78, 5) is 15.2. The molecule has 1 aromatic heterocycles. The van der Waals surface area contributed by atoms with Gasteiger partial charge in [0.05, 0.1) is 28.3 Å². The van der Waals surface area contributed by atoms with Crippen LogP contribution in [0.1, 0.15) is 21.7 Å². The van der Waals surface area contributed by atoms with Crippen molar-refractivity contribution in [2.24, 2.45) is 0 Å². The summed E-state index contributed by atoms with van der Waals surface area (Å²) < 4.78 is 14.1. The number of H-pyrrole nitrogens is 1. The van der Waals surface area contributed by atoms with E-state index in [4.69, 9.17) is 5.11 Å². The van der Waals surface area contributed by atoms with Crippen molar-refractivity contribution in [3.05, 3.63) is 41.0 Å². The van der Waals surface area contributed by atoms with Gasteiger partial charge in [-0.05, 0) is 32.0 Å². The van der Waals surface area contributed by atoms with Crippen LogP contribution in [0.3, 0.4) is 0 Å². The lowest BCUT2D eigenvalue weighted by atomic mass is 10.1. The molecule has 0 spiro atoms. The van der Waals surface area contributed by atoms with Gasteiger partial charge in [0, 0.05) is 26.2 Å². The molecular formula is C16H19FN4O2. The van der Waals surface area contributed by atoms with Crippen molar-refractivity contribution < 1.29 is 14.3 Å². The number of halogens is 1. The minimum absolute atomic E-state index is 0.102. The second-order valence-electron chi connectivity index (χ2n) is 5.73. The fourth-order valence-electron chi connectivity index (χ4n) is 3.07. The van der Waals surface area contributed by atoms with Crippen LogP contribution in [0, 0.1) is 19.7 Å². The first-order valence-electron chi connectivity index (χ1n) is 7.51. The van der Waals surface area contributed by atoms with Crippen LogP contribution in [0.15, 0.2) is 18.2 Å². The number of hydrogen-bond donors (Lipinski definition) is 2. The second-order valence-corrected chi connectivity index (χ2v) is 5.73. The standard InChI is InChI=1S/C16H19FN4O2/c1-10-15(11(2)19-18-10)21-7-5-20(6-8-21)14-9-12(16(22)23)3-4-13(14)17/h3-4,9H,5-8H2,1-2H3,(H,18,19)(H,22,23). The summed E-state index contributed by atoms with van der Waals surface area (Å²) in [5.74, 6) is -1.44. The summed E-state index contributed by atoms with van der Waals surface area (Å²) in [6.45, 7) is 6.67. The van der Waals surface area contributed by atoms with Crippen LogP contribution in [0.5, 0.6) is 0 Å². The van der Waals surface area contributed by atoms with Gasteiger partial charge < -0.3 is 14.9 Å². The number of carbonyl (C=O) groups is 1. The number of aromatic amines is 1. The molecule has 1 aliphatic heterocycles. The van der Waals surface area contributed by atoms with E-state index in [-0.39, 0.29) is 11.4 Å². The predicted molar refractivity (Wildman–Crippen MR) is 85.8 cm³/mol. The molecular weight excluding hydrogens is 299 g/mol. The van der Waals surface area contributed by atoms with Crippen molar-refractivity contribution in [2.75, 3.05) is 36.0 Å². The number of aryl methyl sites for hydroxylation is 2. The van der Waals surface area contributed by atoms with Crippen LogP contribution in [0.4, 0.5) is 15.8 Å². The van der Waals surface area contributed by atoms with Gasteiger partial charge in [0.25, 0.3) is 0 Å². The third-order valence-corrected chi connectivity index (χ3v) is 4.22. The van der Waals surface area contributed by atoms with Crippen molar-refractivity contribution in [3.63, 3.8) is 0 Å². The molecule has 0 unspecified atom stereocenters. The second kappa shape index (κ2) is 5.91. The monoisotopic (exact) mass is 318 g/mol. The van der Waals surface area contributed by atoms with Crippen LogP contribution in [0.25, 0.3) is 0 Å². The molecule has 1 fully saturated rings. The average molecular weight is 318 g/mol. The average Bonchev–Trinajstić information content (AvgIpc) is 2.87. The zero-order valence-corrected chi connectivity index (χ0v) is 13.1. The maximum atomic E-state index is 14.1. The number of nitrogens with one attached hydrogen (secondary N) is 1. The minimum Gasteiger partial charge on any atom is -0.478 e. The molecule has 3 rings (SSSR count). The molecule has 1 aliphatic rings. The van der Waals surface area contributed by atoms with Gasteiger partial charge in [0.1, 0.15) is 5.82 Å². The number of carboxylic acids is 1. The van der Waals surface area contributed by atoms with Gasteiger partial charge in [-0.25, -0.2) is 9.18 Å². The molecule has 0 radical (unpaired) electrons.